The molecule has 2 aromatic heterocycles. The number of anilines is 1. The Morgan fingerprint density at radius 1 is 1.08 bits per heavy atom. The number of nitrogens with zero attached hydrogens (tertiary/aromatic N) is 4. The summed E-state index contributed by atoms with van der Waals surface area (Å²) < 4.78 is 32.9. The van der Waals surface area contributed by atoms with Crippen LogP contribution in [0, 0.1) is 0 Å². The highest BCUT2D eigenvalue weighted by Crippen LogP contribution is 2.18. The number of aliphatic hydroxyl groups excluding tert-OH is 1. The summed E-state index contributed by atoms with van der Waals surface area (Å²) in [6.45, 7) is 1.07. The fourth-order valence-electron chi connectivity index (χ4n) is 3.59. The molecule has 0 amide bonds. The van der Waals surface area contributed by atoms with Crippen molar-refractivity contribution < 1.29 is 23.1 Å². The summed E-state index contributed by atoms with van der Waals surface area (Å²) in [7, 11) is -2.50. The van der Waals surface area contributed by atoms with Crippen LogP contribution in [0.15, 0.2) is 84.1 Å². The minimum absolute atomic E-state index is 0.00249. The molecule has 4 aromatic rings. The number of aliphatic hydroxyl groups is 1. The number of carbonyl (C=O) groups excluding carboxylic acids is 1. The number of esters is 1. The predicted octanol–water partition coefficient (Wildman–Crippen LogP) is 2.04. The Morgan fingerprint density at radius 3 is 2.53 bits per heavy atom. The van der Waals surface area contributed by atoms with Gasteiger partial charge in [-0.3, -0.25) is 14.5 Å². The van der Waals surface area contributed by atoms with Crippen LogP contribution in [-0.4, -0.2) is 59.7 Å². The van der Waals surface area contributed by atoms with Crippen LogP contribution in [0.4, 0.5) is 5.69 Å². The second-order valence-corrected chi connectivity index (χ2v) is 10.1. The third kappa shape index (κ3) is 7.22. The molecule has 12 heteroatoms. The van der Waals surface area contributed by atoms with Gasteiger partial charge in [-0.1, -0.05) is 18.2 Å². The van der Waals surface area contributed by atoms with E-state index in [1.807, 2.05) is 18.2 Å². The van der Waals surface area contributed by atoms with Crippen LogP contribution in [0.2, 0.25) is 0 Å². The third-order valence-corrected chi connectivity index (χ3v) is 7.07. The molecule has 4 rings (SSSR count). The van der Waals surface area contributed by atoms with Gasteiger partial charge in [0.05, 0.1) is 42.1 Å². The van der Waals surface area contributed by atoms with E-state index >= 15 is 0 Å². The number of aromatic nitrogens is 4. The Labute approximate surface area is 220 Å². The Morgan fingerprint density at radius 2 is 1.84 bits per heavy atom. The van der Waals surface area contributed by atoms with Crippen LogP contribution in [0.1, 0.15) is 22.9 Å². The van der Waals surface area contributed by atoms with Crippen molar-refractivity contribution in [3.05, 3.63) is 96.1 Å². The minimum Gasteiger partial charge on any atom is -0.469 e. The van der Waals surface area contributed by atoms with E-state index in [2.05, 4.69) is 30.0 Å². The van der Waals surface area contributed by atoms with Gasteiger partial charge < -0.3 is 15.2 Å². The summed E-state index contributed by atoms with van der Waals surface area (Å²) in [4.78, 5) is 16.8. The van der Waals surface area contributed by atoms with Gasteiger partial charge in [0.1, 0.15) is 0 Å². The van der Waals surface area contributed by atoms with Gasteiger partial charge in [-0.05, 0) is 61.0 Å². The smallest absolute Gasteiger partial charge is 0.311 e. The van der Waals surface area contributed by atoms with Gasteiger partial charge in [-0.2, -0.15) is 15.0 Å². The number of rotatable bonds is 12. The Hall–Kier alpha value is -4.13. The van der Waals surface area contributed by atoms with Crippen LogP contribution >= 0.6 is 0 Å². The highest BCUT2D eigenvalue weighted by molar-refractivity contribution is 7.92. The van der Waals surface area contributed by atoms with Crippen LogP contribution in [0.3, 0.4) is 0 Å². The van der Waals surface area contributed by atoms with E-state index < -0.39 is 22.1 Å². The van der Waals surface area contributed by atoms with Crippen molar-refractivity contribution in [2.24, 2.45) is 0 Å². The molecule has 0 saturated carbocycles. The Kier molecular flexibility index (Phi) is 8.79. The summed E-state index contributed by atoms with van der Waals surface area (Å²) in [6.07, 6.45) is 4.84. The lowest BCUT2D eigenvalue weighted by molar-refractivity contribution is -0.139. The fraction of sp³-hybridized carbons (Fsp3) is 0.231. The summed E-state index contributed by atoms with van der Waals surface area (Å²) in [6, 6.07) is 16.8. The first-order valence-electron chi connectivity index (χ1n) is 11.8. The number of methoxy groups -OCH3 is 1. The fourth-order valence-corrected chi connectivity index (χ4v) is 4.65. The number of benzene rings is 2. The molecule has 0 saturated heterocycles. The van der Waals surface area contributed by atoms with E-state index in [0.717, 1.165) is 17.5 Å². The maximum Gasteiger partial charge on any atom is 0.311 e. The maximum absolute atomic E-state index is 12.8. The lowest BCUT2D eigenvalue weighted by Crippen LogP contribution is -2.23. The zero-order valence-electron chi connectivity index (χ0n) is 20.7. The largest absolute Gasteiger partial charge is 0.469 e. The molecule has 198 valence electrons. The standard InChI is InChI=1S/C26H28N6O5S/c1-37-26(34)15-22-17-29-32(30-22)23-8-10-24(11-9-23)38(35,36)31-21-6-4-19(5-7-21)12-14-28-18-25(33)20-3-2-13-27-16-20/h2-11,13,16-17,25,28,31,33H,12,14-15,18H2,1H3/t25-/m0/s1. The van der Waals surface area contributed by atoms with Gasteiger partial charge in [0, 0.05) is 30.2 Å². The monoisotopic (exact) mass is 536 g/mol. The third-order valence-electron chi connectivity index (χ3n) is 5.67. The second-order valence-electron chi connectivity index (χ2n) is 8.43. The van der Waals surface area contributed by atoms with E-state index in [-0.39, 0.29) is 11.3 Å². The van der Waals surface area contributed by atoms with Gasteiger partial charge in [-0.25, -0.2) is 8.42 Å². The molecule has 3 N–H and O–H groups in total. The van der Waals surface area contributed by atoms with Crippen molar-refractivity contribution in [3.63, 3.8) is 0 Å². The summed E-state index contributed by atoms with van der Waals surface area (Å²) in [5.74, 6) is -0.425. The molecule has 2 heterocycles. The van der Waals surface area contributed by atoms with Gasteiger partial charge in [0.15, 0.2) is 0 Å². The van der Waals surface area contributed by atoms with E-state index in [9.17, 15) is 18.3 Å². The first-order valence-corrected chi connectivity index (χ1v) is 13.3. The van der Waals surface area contributed by atoms with Crippen molar-refractivity contribution in [2.75, 3.05) is 24.9 Å². The maximum atomic E-state index is 12.8. The van der Waals surface area contributed by atoms with Crippen LogP contribution in [0.5, 0.6) is 0 Å². The van der Waals surface area contributed by atoms with Crippen molar-refractivity contribution in [3.8, 4) is 5.69 Å². The van der Waals surface area contributed by atoms with Crippen LogP contribution in [0.25, 0.3) is 5.69 Å². The first-order chi connectivity index (χ1) is 18.3. The average Bonchev–Trinajstić information content (AvgIpc) is 3.40. The molecular weight excluding hydrogens is 508 g/mol. The molecule has 11 nitrogen and oxygen atoms in total. The summed E-state index contributed by atoms with van der Waals surface area (Å²) >= 11 is 0. The molecule has 0 aliphatic rings. The zero-order valence-corrected chi connectivity index (χ0v) is 21.5. The predicted molar refractivity (Wildman–Crippen MR) is 140 cm³/mol. The highest BCUT2D eigenvalue weighted by atomic mass is 32.2. The lowest BCUT2D eigenvalue weighted by atomic mass is 10.1. The Bertz CT molecular complexity index is 1440. The van der Waals surface area contributed by atoms with E-state index in [0.29, 0.717) is 30.2 Å². The Balaban J connectivity index is 1.28. The number of hydrogen-bond acceptors (Lipinski definition) is 9. The first kappa shape index (κ1) is 26.9. The van der Waals surface area contributed by atoms with Gasteiger partial charge >= 0.3 is 5.97 Å². The molecule has 0 unspecified atom stereocenters. The molecule has 0 aliphatic carbocycles. The van der Waals surface area contributed by atoms with E-state index in [4.69, 9.17) is 0 Å². The van der Waals surface area contributed by atoms with Crippen LogP contribution in [-0.2, 0) is 32.4 Å². The summed E-state index contributed by atoms with van der Waals surface area (Å²) in [5, 5.41) is 21.7. The molecule has 0 radical (unpaired) electrons. The number of carbonyl (C=O) groups is 1. The van der Waals surface area contributed by atoms with Crippen molar-refractivity contribution >= 4 is 21.7 Å². The van der Waals surface area contributed by atoms with E-state index in [1.54, 1.807) is 42.7 Å². The molecular formula is C26H28N6O5S. The highest BCUT2D eigenvalue weighted by Gasteiger charge is 2.15. The molecule has 0 fully saturated rings. The van der Waals surface area contributed by atoms with Gasteiger partial charge in [0.2, 0.25) is 0 Å². The number of sulfonamides is 1. The van der Waals surface area contributed by atoms with Crippen molar-refractivity contribution in [1.82, 2.24) is 25.3 Å². The number of hydrogen-bond donors (Lipinski definition) is 3. The number of pyridine rings is 1. The van der Waals surface area contributed by atoms with Crippen LogP contribution < -0.4 is 10.0 Å². The molecule has 38 heavy (non-hydrogen) atoms. The van der Waals surface area contributed by atoms with Crippen molar-refractivity contribution in [1.29, 1.82) is 0 Å². The van der Waals surface area contributed by atoms with Crippen molar-refractivity contribution in [2.45, 2.75) is 23.8 Å². The topological polar surface area (TPSA) is 148 Å². The molecule has 0 aliphatic heterocycles. The minimum atomic E-state index is -3.80. The van der Waals surface area contributed by atoms with Gasteiger partial charge in [0.25, 0.3) is 10.0 Å². The quantitative estimate of drug-likeness (QED) is 0.183. The average molecular weight is 537 g/mol. The zero-order chi connectivity index (χ0) is 27.0. The normalized spacial score (nSPS) is 12.2. The van der Waals surface area contributed by atoms with E-state index in [1.165, 1.54) is 30.2 Å². The SMILES string of the molecule is COC(=O)Cc1cnn(-c2ccc(S(=O)(=O)Nc3ccc(CCNC[C@H](O)c4cccnc4)cc3)cc2)n1. The number of ether oxygens (including phenoxy) is 1. The molecule has 0 bridgehead atoms. The van der Waals surface area contributed by atoms with Gasteiger partial charge in [-0.15, -0.1) is 0 Å². The second kappa shape index (κ2) is 12.4. The summed E-state index contributed by atoms with van der Waals surface area (Å²) in [5.41, 5.74) is 3.22. The lowest BCUT2D eigenvalue weighted by Gasteiger charge is -2.12. The molecule has 0 spiro atoms. The molecule has 2 aromatic carbocycles. The molecule has 1 atom stereocenters. The number of nitrogens with one attached hydrogen (secondary N) is 2.